The van der Waals surface area contributed by atoms with Crippen LogP contribution < -0.4 is 0 Å². The molecule has 2 nitrogen and oxygen atoms in total. The molecule has 0 aliphatic carbocycles. The number of hydrogen-bond donors (Lipinski definition) is 1. The summed E-state index contributed by atoms with van der Waals surface area (Å²) in [6.07, 6.45) is 3.99. The maximum atomic E-state index is 9.04. The van der Waals surface area contributed by atoms with Crippen LogP contribution in [0.25, 0.3) is 0 Å². The zero-order valence-corrected chi connectivity index (χ0v) is 12.7. The summed E-state index contributed by atoms with van der Waals surface area (Å²) in [5.74, 6) is 0.719. The number of aliphatic hydroxyl groups is 1. The second-order valence-electron chi connectivity index (χ2n) is 6.17. The molecule has 0 bridgehead atoms. The third kappa shape index (κ3) is 5.87. The van der Waals surface area contributed by atoms with Crippen molar-refractivity contribution in [3.05, 3.63) is 0 Å². The van der Waals surface area contributed by atoms with E-state index in [2.05, 4.69) is 41.5 Å². The van der Waals surface area contributed by atoms with Crippen molar-refractivity contribution >= 4 is 0 Å². The maximum absolute atomic E-state index is 9.04. The van der Waals surface area contributed by atoms with Crippen LogP contribution in [0, 0.1) is 11.3 Å². The zero-order valence-electron chi connectivity index (χ0n) is 12.7. The van der Waals surface area contributed by atoms with Gasteiger partial charge in [-0.05, 0) is 37.5 Å². The summed E-state index contributed by atoms with van der Waals surface area (Å²) in [6.45, 7) is 14.4. The summed E-state index contributed by atoms with van der Waals surface area (Å²) in [5.41, 5.74) is 0.183. The summed E-state index contributed by atoms with van der Waals surface area (Å²) >= 11 is 0. The highest BCUT2D eigenvalue weighted by Crippen LogP contribution is 2.33. The summed E-state index contributed by atoms with van der Waals surface area (Å²) < 4.78 is 5.99. The van der Waals surface area contributed by atoms with Crippen molar-refractivity contribution in [3.63, 3.8) is 0 Å². The van der Waals surface area contributed by atoms with Gasteiger partial charge in [-0.15, -0.1) is 0 Å². The Kier molecular flexibility index (Phi) is 7.34. The van der Waals surface area contributed by atoms with Crippen LogP contribution in [0.2, 0.25) is 0 Å². The summed E-state index contributed by atoms with van der Waals surface area (Å²) in [4.78, 5) is 0. The molecule has 0 aliphatic heterocycles. The van der Waals surface area contributed by atoms with Crippen molar-refractivity contribution in [2.45, 2.75) is 72.8 Å². The molecular weight excluding hydrogens is 212 g/mol. The van der Waals surface area contributed by atoms with E-state index in [0.29, 0.717) is 5.41 Å². The van der Waals surface area contributed by atoms with Gasteiger partial charge in [0.25, 0.3) is 0 Å². The fourth-order valence-corrected chi connectivity index (χ4v) is 1.95. The van der Waals surface area contributed by atoms with Crippen LogP contribution in [-0.4, -0.2) is 23.9 Å². The molecule has 2 unspecified atom stereocenters. The Bertz CT molecular complexity index is 196. The van der Waals surface area contributed by atoms with Crippen LogP contribution in [0.5, 0.6) is 0 Å². The summed E-state index contributed by atoms with van der Waals surface area (Å²) in [6, 6.07) is 0. The van der Waals surface area contributed by atoms with Crippen molar-refractivity contribution < 1.29 is 9.84 Å². The van der Waals surface area contributed by atoms with Gasteiger partial charge in [0.1, 0.15) is 0 Å². The minimum absolute atomic E-state index is 0.152. The Balaban J connectivity index is 4.12. The predicted octanol–water partition coefficient (Wildman–Crippen LogP) is 4.02. The van der Waals surface area contributed by atoms with E-state index < -0.39 is 0 Å². The van der Waals surface area contributed by atoms with Crippen LogP contribution in [0.15, 0.2) is 0 Å². The van der Waals surface area contributed by atoms with Crippen molar-refractivity contribution in [3.8, 4) is 0 Å². The molecule has 0 rings (SSSR count). The molecule has 17 heavy (non-hydrogen) atoms. The maximum Gasteiger partial charge on any atom is 0.0673 e. The molecule has 0 spiro atoms. The quantitative estimate of drug-likeness (QED) is 0.664. The Labute approximate surface area is 108 Å². The van der Waals surface area contributed by atoms with Crippen molar-refractivity contribution in [1.82, 2.24) is 0 Å². The predicted molar refractivity (Wildman–Crippen MR) is 74.2 cm³/mol. The van der Waals surface area contributed by atoms with Crippen molar-refractivity contribution in [1.29, 1.82) is 0 Å². The number of hydrogen-bond acceptors (Lipinski definition) is 2. The Morgan fingerprint density at radius 3 is 2.12 bits per heavy atom. The molecule has 1 N–H and O–H groups in total. The molecule has 2 atom stereocenters. The minimum Gasteiger partial charge on any atom is -0.396 e. The molecule has 0 saturated heterocycles. The molecule has 0 fully saturated rings. The van der Waals surface area contributed by atoms with Gasteiger partial charge in [0, 0.05) is 13.2 Å². The van der Waals surface area contributed by atoms with Gasteiger partial charge < -0.3 is 9.84 Å². The highest BCUT2D eigenvalue weighted by Gasteiger charge is 2.27. The number of ether oxygens (including phenoxy) is 1. The van der Waals surface area contributed by atoms with Gasteiger partial charge in [0.2, 0.25) is 0 Å². The zero-order chi connectivity index (χ0) is 13.5. The highest BCUT2D eigenvalue weighted by atomic mass is 16.5. The summed E-state index contributed by atoms with van der Waals surface area (Å²) in [5, 5.41) is 9.04. The van der Waals surface area contributed by atoms with E-state index in [1.165, 1.54) is 6.42 Å². The van der Waals surface area contributed by atoms with E-state index in [0.717, 1.165) is 31.8 Å². The third-order valence-electron chi connectivity index (χ3n) is 4.53. The fraction of sp³-hybridized carbons (Fsp3) is 1.00. The smallest absolute Gasteiger partial charge is 0.0673 e. The first-order valence-corrected chi connectivity index (χ1v) is 7.06. The number of rotatable bonds is 9. The van der Waals surface area contributed by atoms with E-state index in [-0.39, 0.29) is 12.2 Å². The normalized spacial score (nSPS) is 17.8. The average Bonchev–Trinajstić information content (AvgIpc) is 2.28. The van der Waals surface area contributed by atoms with Crippen LogP contribution in [0.3, 0.4) is 0 Å². The Morgan fingerprint density at radius 1 is 1.12 bits per heavy atom. The van der Waals surface area contributed by atoms with E-state index >= 15 is 0 Å². The molecule has 104 valence electrons. The first-order chi connectivity index (χ1) is 7.81. The highest BCUT2D eigenvalue weighted by molar-refractivity contribution is 4.77. The SMILES string of the molecule is CCC(C)C(C)(C)CCOC(C)(CC)CCO. The van der Waals surface area contributed by atoms with E-state index in [1.807, 2.05) is 0 Å². The minimum atomic E-state index is -0.152. The van der Waals surface area contributed by atoms with E-state index in [1.54, 1.807) is 0 Å². The molecule has 0 heterocycles. The second kappa shape index (κ2) is 7.38. The molecule has 0 aromatic carbocycles. The molecule has 0 aromatic rings. The third-order valence-corrected chi connectivity index (χ3v) is 4.53. The monoisotopic (exact) mass is 244 g/mol. The molecule has 0 aromatic heterocycles. The largest absolute Gasteiger partial charge is 0.396 e. The van der Waals surface area contributed by atoms with Crippen LogP contribution in [0.4, 0.5) is 0 Å². The Morgan fingerprint density at radius 2 is 1.71 bits per heavy atom. The lowest BCUT2D eigenvalue weighted by atomic mass is 9.76. The van der Waals surface area contributed by atoms with Crippen LogP contribution in [0.1, 0.15) is 67.2 Å². The lowest BCUT2D eigenvalue weighted by Crippen LogP contribution is -2.32. The molecule has 2 heteroatoms. The van der Waals surface area contributed by atoms with Crippen LogP contribution in [-0.2, 0) is 4.74 Å². The fourth-order valence-electron chi connectivity index (χ4n) is 1.95. The second-order valence-corrected chi connectivity index (χ2v) is 6.17. The molecule has 0 radical (unpaired) electrons. The number of aliphatic hydroxyl groups excluding tert-OH is 1. The van der Waals surface area contributed by atoms with Crippen molar-refractivity contribution in [2.75, 3.05) is 13.2 Å². The average molecular weight is 244 g/mol. The molecular formula is C15H32O2. The van der Waals surface area contributed by atoms with Gasteiger partial charge in [0.05, 0.1) is 5.60 Å². The lowest BCUT2D eigenvalue weighted by molar-refractivity contribution is -0.0611. The summed E-state index contributed by atoms with van der Waals surface area (Å²) in [7, 11) is 0. The van der Waals surface area contributed by atoms with Gasteiger partial charge in [0.15, 0.2) is 0 Å². The van der Waals surface area contributed by atoms with Crippen molar-refractivity contribution in [2.24, 2.45) is 11.3 Å². The first kappa shape index (κ1) is 16.9. The van der Waals surface area contributed by atoms with Gasteiger partial charge >= 0.3 is 0 Å². The van der Waals surface area contributed by atoms with Gasteiger partial charge in [-0.25, -0.2) is 0 Å². The van der Waals surface area contributed by atoms with Crippen LogP contribution >= 0.6 is 0 Å². The Hall–Kier alpha value is -0.0800. The van der Waals surface area contributed by atoms with Gasteiger partial charge in [-0.1, -0.05) is 41.0 Å². The van der Waals surface area contributed by atoms with E-state index in [4.69, 9.17) is 9.84 Å². The van der Waals surface area contributed by atoms with Gasteiger partial charge in [-0.2, -0.15) is 0 Å². The molecule has 0 amide bonds. The molecule has 0 aliphatic rings. The molecule has 0 saturated carbocycles. The topological polar surface area (TPSA) is 29.5 Å². The first-order valence-electron chi connectivity index (χ1n) is 7.06. The standard InChI is InChI=1S/C15H32O2/c1-7-13(3)14(4,5)10-12-17-15(6,8-2)9-11-16/h13,16H,7-12H2,1-6H3. The van der Waals surface area contributed by atoms with Gasteiger partial charge in [-0.3, -0.25) is 0 Å². The van der Waals surface area contributed by atoms with E-state index in [9.17, 15) is 0 Å². The lowest BCUT2D eigenvalue weighted by Gasteiger charge is -2.34.